The first kappa shape index (κ1) is 16.9. The van der Waals surface area contributed by atoms with Gasteiger partial charge in [0, 0.05) is 32.7 Å². The molecule has 1 atom stereocenters. The topological polar surface area (TPSA) is 47.0 Å². The molecule has 1 N–H and O–H groups in total. The fraction of sp³-hybridized carbons (Fsp3) is 0.588. The molecule has 0 aliphatic carbocycles. The molecule has 22 heavy (non-hydrogen) atoms. The van der Waals surface area contributed by atoms with Gasteiger partial charge >= 0.3 is 0 Å². The molecule has 1 aromatic rings. The fourth-order valence-electron chi connectivity index (χ4n) is 2.91. The van der Waals surface area contributed by atoms with E-state index in [1.54, 1.807) is 0 Å². The first-order valence-electron chi connectivity index (χ1n) is 8.04. The average Bonchev–Trinajstić information content (AvgIpc) is 2.56. The molecule has 1 heterocycles. The third-order valence-corrected chi connectivity index (χ3v) is 4.39. The number of carbonyl (C=O) groups is 1. The lowest BCUT2D eigenvalue weighted by Crippen LogP contribution is -2.52. The number of aliphatic hydroxyl groups excluding tert-OH is 1. The minimum atomic E-state index is -0.212. The number of β-amino-alcohol motifs (C(OH)–C–C–N with tert-alkyl or cyclic N) is 1. The zero-order valence-electron chi connectivity index (χ0n) is 13.6. The van der Waals surface area contributed by atoms with Crippen LogP contribution in [0.2, 0.25) is 0 Å². The number of carbonyl (C=O) groups excluding carboxylic acids is 1. The molecular formula is C17H27N3O2. The molecule has 5 nitrogen and oxygen atoms in total. The Morgan fingerprint density at radius 3 is 2.41 bits per heavy atom. The monoisotopic (exact) mass is 305 g/mol. The van der Waals surface area contributed by atoms with E-state index in [0.717, 1.165) is 38.3 Å². The zero-order valence-corrected chi connectivity index (χ0v) is 13.6. The summed E-state index contributed by atoms with van der Waals surface area (Å²) in [4.78, 5) is 19.2. The first-order valence-corrected chi connectivity index (χ1v) is 8.04. The van der Waals surface area contributed by atoms with Gasteiger partial charge in [0.1, 0.15) is 6.04 Å². The Morgan fingerprint density at radius 2 is 1.86 bits per heavy atom. The minimum absolute atomic E-state index is 0.180. The van der Waals surface area contributed by atoms with E-state index in [1.807, 2.05) is 42.3 Å². The molecule has 1 aliphatic rings. The highest BCUT2D eigenvalue weighted by Gasteiger charge is 2.30. The van der Waals surface area contributed by atoms with E-state index < -0.39 is 0 Å². The van der Waals surface area contributed by atoms with E-state index in [2.05, 4.69) is 16.7 Å². The summed E-state index contributed by atoms with van der Waals surface area (Å²) in [6.45, 7) is 6.92. The lowest BCUT2D eigenvalue weighted by Gasteiger charge is -2.38. The Kier molecular flexibility index (Phi) is 6.36. The molecule has 0 aromatic heterocycles. The van der Waals surface area contributed by atoms with Gasteiger partial charge in [-0.1, -0.05) is 37.3 Å². The van der Waals surface area contributed by atoms with Crippen molar-refractivity contribution in [3.8, 4) is 0 Å². The maximum atomic E-state index is 13.0. The molecule has 0 spiro atoms. The summed E-state index contributed by atoms with van der Waals surface area (Å²) in [5, 5.41) is 9.01. The third-order valence-electron chi connectivity index (χ3n) is 4.39. The largest absolute Gasteiger partial charge is 0.395 e. The van der Waals surface area contributed by atoms with E-state index in [0.29, 0.717) is 6.54 Å². The van der Waals surface area contributed by atoms with Crippen molar-refractivity contribution >= 4 is 5.91 Å². The van der Waals surface area contributed by atoms with Gasteiger partial charge in [0.15, 0.2) is 0 Å². The molecule has 1 unspecified atom stereocenters. The van der Waals surface area contributed by atoms with Crippen molar-refractivity contribution < 1.29 is 9.90 Å². The zero-order chi connectivity index (χ0) is 15.9. The second-order valence-electron chi connectivity index (χ2n) is 5.78. The number of amides is 1. The normalized spacial score (nSPS) is 17.7. The van der Waals surface area contributed by atoms with Gasteiger partial charge in [-0.05, 0) is 19.2 Å². The number of hydrogen-bond acceptors (Lipinski definition) is 4. The number of aliphatic hydroxyl groups is 1. The van der Waals surface area contributed by atoms with Crippen molar-refractivity contribution in [2.24, 2.45) is 0 Å². The van der Waals surface area contributed by atoms with Gasteiger partial charge in [0.25, 0.3) is 0 Å². The van der Waals surface area contributed by atoms with E-state index in [-0.39, 0.29) is 18.6 Å². The molecule has 1 saturated heterocycles. The van der Waals surface area contributed by atoms with E-state index in [9.17, 15) is 4.79 Å². The standard InChI is InChI=1S/C17H27N3O2/c1-3-18(2)16(15-7-5-4-6-8-15)17(22)20-11-9-19(10-12-20)13-14-21/h4-8,16,21H,3,9-14H2,1-2H3. The summed E-state index contributed by atoms with van der Waals surface area (Å²) in [6.07, 6.45) is 0. The molecule has 122 valence electrons. The highest BCUT2D eigenvalue weighted by molar-refractivity contribution is 5.83. The molecule has 0 radical (unpaired) electrons. The molecule has 5 heteroatoms. The summed E-state index contributed by atoms with van der Waals surface area (Å²) in [6, 6.07) is 9.78. The molecule has 1 amide bonds. The molecule has 1 fully saturated rings. The Labute approximate surface area is 133 Å². The van der Waals surface area contributed by atoms with Crippen LogP contribution in [-0.2, 0) is 4.79 Å². The molecule has 0 saturated carbocycles. The summed E-state index contributed by atoms with van der Waals surface area (Å²) in [7, 11) is 2.00. The van der Waals surface area contributed by atoms with Gasteiger partial charge in [0.05, 0.1) is 6.61 Å². The van der Waals surface area contributed by atoms with Crippen LogP contribution in [0.25, 0.3) is 0 Å². The lowest BCUT2D eigenvalue weighted by atomic mass is 10.0. The molecule has 2 rings (SSSR count). The lowest BCUT2D eigenvalue weighted by molar-refractivity contribution is -0.138. The SMILES string of the molecule is CCN(C)C(C(=O)N1CCN(CCO)CC1)c1ccccc1. The van der Waals surface area contributed by atoms with Crippen molar-refractivity contribution in [3.63, 3.8) is 0 Å². The van der Waals surface area contributed by atoms with Crippen molar-refractivity contribution in [3.05, 3.63) is 35.9 Å². The van der Waals surface area contributed by atoms with Crippen molar-refractivity contribution in [2.45, 2.75) is 13.0 Å². The number of rotatable bonds is 6. The number of likely N-dealkylation sites (N-methyl/N-ethyl adjacent to an activating group) is 1. The van der Waals surface area contributed by atoms with Crippen LogP contribution in [0, 0.1) is 0 Å². The summed E-state index contributed by atoms with van der Waals surface area (Å²) >= 11 is 0. The molecule has 0 bridgehead atoms. The van der Waals surface area contributed by atoms with Crippen molar-refractivity contribution in [1.29, 1.82) is 0 Å². The highest BCUT2D eigenvalue weighted by atomic mass is 16.3. The second kappa shape index (κ2) is 8.27. The van der Waals surface area contributed by atoms with E-state index >= 15 is 0 Å². The van der Waals surface area contributed by atoms with Crippen molar-refractivity contribution in [2.75, 3.05) is 52.9 Å². The first-order chi connectivity index (χ1) is 10.7. The summed E-state index contributed by atoms with van der Waals surface area (Å²) in [5.74, 6) is 0.180. The number of hydrogen-bond donors (Lipinski definition) is 1. The smallest absolute Gasteiger partial charge is 0.244 e. The Balaban J connectivity index is 2.07. The van der Waals surface area contributed by atoms with Crippen LogP contribution in [-0.4, -0.2) is 78.6 Å². The summed E-state index contributed by atoms with van der Waals surface area (Å²) < 4.78 is 0. The van der Waals surface area contributed by atoms with Gasteiger partial charge in [-0.15, -0.1) is 0 Å². The fourth-order valence-corrected chi connectivity index (χ4v) is 2.91. The van der Waals surface area contributed by atoms with E-state index in [1.165, 1.54) is 0 Å². The Bertz CT molecular complexity index is 458. The minimum Gasteiger partial charge on any atom is -0.395 e. The number of benzene rings is 1. The van der Waals surface area contributed by atoms with Crippen LogP contribution in [0.1, 0.15) is 18.5 Å². The van der Waals surface area contributed by atoms with Gasteiger partial charge in [-0.3, -0.25) is 14.6 Å². The van der Waals surface area contributed by atoms with Crippen LogP contribution in [0.4, 0.5) is 0 Å². The van der Waals surface area contributed by atoms with Gasteiger partial charge in [-0.2, -0.15) is 0 Å². The van der Waals surface area contributed by atoms with Crippen LogP contribution in [0.15, 0.2) is 30.3 Å². The van der Waals surface area contributed by atoms with Crippen LogP contribution in [0.5, 0.6) is 0 Å². The Morgan fingerprint density at radius 1 is 1.23 bits per heavy atom. The maximum Gasteiger partial charge on any atom is 0.244 e. The Hall–Kier alpha value is -1.43. The predicted octanol–water partition coefficient (Wildman–Crippen LogP) is 0.816. The summed E-state index contributed by atoms with van der Waals surface area (Å²) in [5.41, 5.74) is 1.05. The quantitative estimate of drug-likeness (QED) is 0.845. The average molecular weight is 305 g/mol. The van der Waals surface area contributed by atoms with Crippen molar-refractivity contribution in [1.82, 2.24) is 14.7 Å². The van der Waals surface area contributed by atoms with Gasteiger partial charge < -0.3 is 10.0 Å². The van der Waals surface area contributed by atoms with Crippen LogP contribution >= 0.6 is 0 Å². The highest BCUT2D eigenvalue weighted by Crippen LogP contribution is 2.22. The molecule has 1 aliphatic heterocycles. The number of piperazine rings is 1. The van der Waals surface area contributed by atoms with Crippen LogP contribution in [0.3, 0.4) is 0 Å². The predicted molar refractivity (Wildman–Crippen MR) is 87.6 cm³/mol. The van der Waals surface area contributed by atoms with Gasteiger partial charge in [0.2, 0.25) is 5.91 Å². The second-order valence-corrected chi connectivity index (χ2v) is 5.78. The van der Waals surface area contributed by atoms with E-state index in [4.69, 9.17) is 5.11 Å². The maximum absolute atomic E-state index is 13.0. The van der Waals surface area contributed by atoms with Crippen LogP contribution < -0.4 is 0 Å². The molecular weight excluding hydrogens is 278 g/mol. The van der Waals surface area contributed by atoms with Gasteiger partial charge in [-0.25, -0.2) is 0 Å². The molecule has 1 aromatic carbocycles. The third kappa shape index (κ3) is 4.06. The number of nitrogens with zero attached hydrogens (tertiary/aromatic N) is 3.